The van der Waals surface area contributed by atoms with Gasteiger partial charge >= 0.3 is 17.9 Å². The molecule has 0 saturated heterocycles. The largest absolute Gasteiger partial charge is 0.497 e. The highest BCUT2D eigenvalue weighted by molar-refractivity contribution is 6.02. The summed E-state index contributed by atoms with van der Waals surface area (Å²) >= 11 is 0. The zero-order chi connectivity index (χ0) is 52.4. The van der Waals surface area contributed by atoms with Crippen LogP contribution in [0.15, 0.2) is 77.9 Å². The molecule has 3 fully saturated rings. The third kappa shape index (κ3) is 18.1. The van der Waals surface area contributed by atoms with E-state index in [9.17, 15) is 19.2 Å². The summed E-state index contributed by atoms with van der Waals surface area (Å²) in [4.78, 5) is 50.1. The Hall–Kier alpha value is -6.08. The van der Waals surface area contributed by atoms with Gasteiger partial charge in [-0.25, -0.2) is 4.79 Å². The smallest absolute Gasteiger partial charge is 0.336 e. The molecule has 13 heteroatoms. The monoisotopic (exact) mass is 1010 g/mol. The summed E-state index contributed by atoms with van der Waals surface area (Å²) in [6.45, 7) is 1.90. The molecule has 0 amide bonds. The van der Waals surface area contributed by atoms with E-state index in [0.29, 0.717) is 81.4 Å². The van der Waals surface area contributed by atoms with Gasteiger partial charge in [0, 0.05) is 68.5 Å². The van der Waals surface area contributed by atoms with Crippen molar-refractivity contribution in [2.75, 3.05) is 42.7 Å². The summed E-state index contributed by atoms with van der Waals surface area (Å²) in [6.07, 6.45) is 36.6. The first-order chi connectivity index (χ1) is 35.5. The minimum Gasteiger partial charge on any atom is -0.497 e. The van der Waals surface area contributed by atoms with Crippen molar-refractivity contribution in [1.82, 2.24) is 5.32 Å². The molecule has 2 aromatic rings. The van der Waals surface area contributed by atoms with Crippen molar-refractivity contribution in [3.05, 3.63) is 94.6 Å². The molecule has 5 aliphatic rings. The fourth-order valence-electron chi connectivity index (χ4n) is 10.2. The molecule has 1 heterocycles. The van der Waals surface area contributed by atoms with Crippen LogP contribution in [0.2, 0.25) is 0 Å². The Morgan fingerprint density at radius 2 is 1.22 bits per heavy atom. The first kappa shape index (κ1) is 57.8. The highest BCUT2D eigenvalue weighted by atomic mass is 16.6. The van der Waals surface area contributed by atoms with E-state index in [4.69, 9.17) is 33.2 Å². The van der Waals surface area contributed by atoms with Gasteiger partial charge < -0.3 is 48.0 Å². The van der Waals surface area contributed by atoms with Gasteiger partial charge in [0.15, 0.2) is 23.0 Å². The fourth-order valence-corrected chi connectivity index (χ4v) is 10.2. The average molecular weight is 1010 g/mol. The van der Waals surface area contributed by atoms with E-state index in [-0.39, 0.29) is 29.9 Å². The average Bonchev–Trinajstić information content (AvgIpc) is 3.60. The lowest BCUT2D eigenvalue weighted by atomic mass is 9.86. The number of hydrogen-bond acceptors (Lipinski definition) is 13. The van der Waals surface area contributed by atoms with Crippen molar-refractivity contribution < 1.29 is 57.1 Å². The van der Waals surface area contributed by atoms with Gasteiger partial charge in [0.1, 0.15) is 17.8 Å². The van der Waals surface area contributed by atoms with Crippen molar-refractivity contribution in [1.29, 1.82) is 0 Å². The van der Waals surface area contributed by atoms with Gasteiger partial charge in [-0.3, -0.25) is 9.59 Å². The van der Waals surface area contributed by atoms with Crippen LogP contribution in [-0.2, 0) is 33.4 Å². The van der Waals surface area contributed by atoms with Gasteiger partial charge in [0.2, 0.25) is 5.75 Å². The van der Waals surface area contributed by atoms with E-state index >= 15 is 0 Å². The minimum atomic E-state index is -0.613. The number of benzene rings is 2. The van der Waals surface area contributed by atoms with E-state index in [1.165, 1.54) is 98.0 Å². The maximum atomic E-state index is 13.6. The number of carbonyl (C=O) groups excluding carboxylic acids is 4. The second-order valence-electron chi connectivity index (χ2n) is 19.5. The Morgan fingerprint density at radius 3 is 1.78 bits per heavy atom. The van der Waals surface area contributed by atoms with Crippen LogP contribution in [0, 0.1) is 17.8 Å². The Labute approximate surface area is 434 Å². The molecule has 73 heavy (non-hydrogen) atoms. The number of fused-ring (bicyclic) bond motifs is 1. The Morgan fingerprint density at radius 1 is 0.630 bits per heavy atom. The van der Waals surface area contributed by atoms with E-state index in [1.54, 1.807) is 63.9 Å². The predicted octanol–water partition coefficient (Wildman–Crippen LogP) is 13.4. The van der Waals surface area contributed by atoms with Gasteiger partial charge in [0.05, 0.1) is 34.1 Å². The summed E-state index contributed by atoms with van der Waals surface area (Å²) in [7, 11) is 9.35. The molecule has 3 saturated carbocycles. The van der Waals surface area contributed by atoms with Crippen LogP contribution in [0.3, 0.4) is 0 Å². The molecule has 13 nitrogen and oxygen atoms in total. The van der Waals surface area contributed by atoms with Crippen LogP contribution >= 0.6 is 0 Å². The number of aldehydes is 1. The van der Waals surface area contributed by atoms with E-state index < -0.39 is 5.97 Å². The molecule has 0 spiro atoms. The molecule has 1 N–H and O–H groups in total. The number of allylic oxidation sites excluding steroid dienone is 6. The maximum absolute atomic E-state index is 13.6. The number of methoxy groups -OCH3 is 5. The number of rotatable bonds is 19. The molecule has 2 aromatic carbocycles. The second-order valence-corrected chi connectivity index (χ2v) is 19.5. The van der Waals surface area contributed by atoms with Crippen LogP contribution in [-0.4, -0.2) is 66.9 Å². The van der Waals surface area contributed by atoms with Gasteiger partial charge in [-0.05, 0) is 97.9 Å². The second kappa shape index (κ2) is 31.5. The Balaban J connectivity index is 0.000000666. The third-order valence-electron chi connectivity index (χ3n) is 14.2. The number of esters is 3. The van der Waals surface area contributed by atoms with Gasteiger partial charge in [-0.1, -0.05) is 108 Å². The molecule has 7 rings (SSSR count). The summed E-state index contributed by atoms with van der Waals surface area (Å²) in [5.74, 6) is 3.11. The van der Waals surface area contributed by atoms with Crippen molar-refractivity contribution >= 4 is 41.5 Å². The molecule has 0 radical (unpaired) electrons. The number of hydrogen-bond donors (Lipinski definition) is 1. The highest BCUT2D eigenvalue weighted by Gasteiger charge is 2.28. The van der Waals surface area contributed by atoms with Gasteiger partial charge in [0.25, 0.3) is 0 Å². The van der Waals surface area contributed by atoms with Crippen LogP contribution in [0.5, 0.6) is 28.7 Å². The molecule has 0 unspecified atom stereocenters. The summed E-state index contributed by atoms with van der Waals surface area (Å²) in [6, 6.07) is 7.05. The first-order valence-corrected chi connectivity index (χ1v) is 26.5. The van der Waals surface area contributed by atoms with E-state index in [1.807, 2.05) is 25.2 Å². The lowest BCUT2D eigenvalue weighted by Gasteiger charge is -2.25. The number of ether oxygens (including phenoxy) is 8. The fraction of sp³-hybridized carbons (Fsp3) is 0.533. The zero-order valence-corrected chi connectivity index (χ0v) is 44.6. The molecule has 0 aromatic heterocycles. The van der Waals surface area contributed by atoms with Crippen molar-refractivity contribution in [2.24, 2.45) is 17.8 Å². The molecular formula is C60H81NO12. The molecule has 4 aliphatic carbocycles. The first-order valence-electron chi connectivity index (χ1n) is 26.5. The quantitative estimate of drug-likeness (QED) is 0.0615. The minimum absolute atomic E-state index is 0.233. The lowest BCUT2D eigenvalue weighted by molar-refractivity contribution is -0.135. The summed E-state index contributed by atoms with van der Waals surface area (Å²) < 4.78 is 44.9. The van der Waals surface area contributed by atoms with Crippen molar-refractivity contribution in [2.45, 2.75) is 148 Å². The Kier molecular flexibility index (Phi) is 24.9. The SMILES string of the molecule is COC.COC1=CC(OC(=O)/C=C/C(=C2\NC=Cc3c2cc(OC)c(OC)c3OC(=O)CCC2CCCCC2)c2ccc(OC(=O)CCC3CCCCC3)c(OC)c2)=C(C)CC=C1.O=CCCC1CCCCC1. The van der Waals surface area contributed by atoms with Crippen LogP contribution in [0.1, 0.15) is 165 Å². The molecule has 1 aliphatic heterocycles. The molecule has 0 atom stereocenters. The number of carbonyl (C=O) groups is 4. The van der Waals surface area contributed by atoms with E-state index in [2.05, 4.69) is 10.1 Å². The van der Waals surface area contributed by atoms with Gasteiger partial charge in [-0.15, -0.1) is 0 Å². The predicted molar refractivity (Wildman–Crippen MR) is 286 cm³/mol. The Bertz CT molecular complexity index is 2320. The normalized spacial score (nSPS) is 17.8. The third-order valence-corrected chi connectivity index (χ3v) is 14.2. The topological polar surface area (TPSA) is 154 Å². The molecule has 0 bridgehead atoms. The summed E-state index contributed by atoms with van der Waals surface area (Å²) in [5.41, 5.74) is 3.80. The zero-order valence-electron chi connectivity index (χ0n) is 44.6. The molecule has 398 valence electrons. The lowest BCUT2D eigenvalue weighted by Crippen LogP contribution is -2.17. The maximum Gasteiger partial charge on any atom is 0.336 e. The standard InChI is InChI=1S/C49H59NO10.C9H16O.C2H6O/c1-32-13-12-18-36(54-2)30-41(32)59-45(52)26-22-37(35-21-23-40(42(29-35)55-3)58-44(51)24-19-33-14-8-6-9-15-33)47-39-31-43(56-4)49(57-5)48(38(39)27-28-50-47)60-46(53)25-20-34-16-10-7-11-17-34;10-8-4-7-9-5-2-1-3-6-9;1-3-2/h12,18,21-23,26-31,33-34,50H,6-11,13-17,19-20,24-25H2,1-5H3;8-9H,1-7H2;1-2H3/b26-22+,47-37+;;. The van der Waals surface area contributed by atoms with Crippen molar-refractivity contribution in [3.63, 3.8) is 0 Å². The molecular weight excluding hydrogens is 927 g/mol. The van der Waals surface area contributed by atoms with Crippen LogP contribution < -0.4 is 29.0 Å². The van der Waals surface area contributed by atoms with E-state index in [0.717, 1.165) is 69.1 Å². The highest BCUT2D eigenvalue weighted by Crippen LogP contribution is 2.47. The number of nitrogens with one attached hydrogen (secondary N) is 1. The van der Waals surface area contributed by atoms with Crippen molar-refractivity contribution in [3.8, 4) is 28.7 Å². The van der Waals surface area contributed by atoms with Crippen LogP contribution in [0.25, 0.3) is 17.3 Å². The van der Waals surface area contributed by atoms with Gasteiger partial charge in [-0.2, -0.15) is 0 Å². The van der Waals surface area contributed by atoms with Crippen LogP contribution in [0.4, 0.5) is 0 Å². The summed E-state index contributed by atoms with van der Waals surface area (Å²) in [5, 5.41) is 3.37.